The molecule has 1 aromatic heterocycles. The van der Waals surface area contributed by atoms with E-state index in [-0.39, 0.29) is 0 Å². The van der Waals surface area contributed by atoms with Crippen molar-refractivity contribution in [2.45, 2.75) is 39.8 Å². The van der Waals surface area contributed by atoms with Crippen LogP contribution in [0.2, 0.25) is 0 Å². The van der Waals surface area contributed by atoms with Gasteiger partial charge in [-0.25, -0.2) is 0 Å². The highest BCUT2D eigenvalue weighted by molar-refractivity contribution is 5.57. The molecule has 1 N–H and O–H groups in total. The SMILES string of the molecule is CCNCc1occc1CN1CCCc2cc(C)ccc21. The van der Waals surface area contributed by atoms with Crippen LogP contribution in [0, 0.1) is 6.92 Å². The lowest BCUT2D eigenvalue weighted by atomic mass is 9.99. The summed E-state index contributed by atoms with van der Waals surface area (Å²) in [6, 6.07) is 8.92. The van der Waals surface area contributed by atoms with Crippen LogP contribution in [0.1, 0.15) is 35.8 Å². The molecule has 0 saturated heterocycles. The molecule has 1 aromatic carbocycles. The Morgan fingerprint density at radius 3 is 3.05 bits per heavy atom. The summed E-state index contributed by atoms with van der Waals surface area (Å²) in [6.07, 6.45) is 4.24. The van der Waals surface area contributed by atoms with Crippen LogP contribution in [0.25, 0.3) is 0 Å². The lowest BCUT2D eigenvalue weighted by molar-refractivity contribution is 0.481. The zero-order valence-corrected chi connectivity index (χ0v) is 13.0. The van der Waals surface area contributed by atoms with Crippen molar-refractivity contribution in [3.05, 3.63) is 53.0 Å². The van der Waals surface area contributed by atoms with Gasteiger partial charge in [-0.1, -0.05) is 24.6 Å². The van der Waals surface area contributed by atoms with Gasteiger partial charge in [0.25, 0.3) is 0 Å². The van der Waals surface area contributed by atoms with E-state index in [1.807, 2.05) is 6.26 Å². The highest BCUT2D eigenvalue weighted by Crippen LogP contribution is 2.29. The Labute approximate surface area is 127 Å². The van der Waals surface area contributed by atoms with E-state index in [2.05, 4.69) is 48.3 Å². The molecule has 0 bridgehead atoms. The Hall–Kier alpha value is -1.74. The van der Waals surface area contributed by atoms with Gasteiger partial charge in [0.2, 0.25) is 0 Å². The summed E-state index contributed by atoms with van der Waals surface area (Å²) in [5, 5.41) is 3.34. The molecule has 0 fully saturated rings. The third kappa shape index (κ3) is 3.13. The molecule has 0 radical (unpaired) electrons. The summed E-state index contributed by atoms with van der Waals surface area (Å²) in [5.41, 5.74) is 5.52. The normalized spacial score (nSPS) is 14.3. The smallest absolute Gasteiger partial charge is 0.122 e. The number of anilines is 1. The van der Waals surface area contributed by atoms with Crippen LogP contribution < -0.4 is 10.2 Å². The van der Waals surface area contributed by atoms with E-state index in [9.17, 15) is 0 Å². The monoisotopic (exact) mass is 284 g/mol. The fraction of sp³-hybridized carbons (Fsp3) is 0.444. The second-order valence-electron chi connectivity index (χ2n) is 5.81. The maximum atomic E-state index is 5.63. The second kappa shape index (κ2) is 6.35. The molecule has 3 heteroatoms. The van der Waals surface area contributed by atoms with Crippen molar-refractivity contribution < 1.29 is 4.42 Å². The highest BCUT2D eigenvalue weighted by atomic mass is 16.3. The van der Waals surface area contributed by atoms with Gasteiger partial charge < -0.3 is 14.6 Å². The van der Waals surface area contributed by atoms with E-state index >= 15 is 0 Å². The first-order valence-electron chi connectivity index (χ1n) is 7.88. The van der Waals surface area contributed by atoms with Crippen molar-refractivity contribution in [2.24, 2.45) is 0 Å². The van der Waals surface area contributed by atoms with Gasteiger partial charge in [-0.05, 0) is 44.0 Å². The standard InChI is InChI=1S/C18H24N2O/c1-3-19-12-18-16(8-10-21-18)13-20-9-4-5-15-11-14(2)6-7-17(15)20/h6-8,10-11,19H,3-5,9,12-13H2,1-2H3. The van der Waals surface area contributed by atoms with E-state index in [1.165, 1.54) is 35.2 Å². The van der Waals surface area contributed by atoms with Crippen LogP contribution >= 0.6 is 0 Å². The highest BCUT2D eigenvalue weighted by Gasteiger charge is 2.18. The number of aryl methyl sites for hydroxylation is 2. The zero-order valence-electron chi connectivity index (χ0n) is 13.0. The van der Waals surface area contributed by atoms with E-state index < -0.39 is 0 Å². The summed E-state index contributed by atoms with van der Waals surface area (Å²) in [5.74, 6) is 1.07. The first-order valence-corrected chi connectivity index (χ1v) is 7.88. The lowest BCUT2D eigenvalue weighted by Crippen LogP contribution is -2.29. The third-order valence-electron chi connectivity index (χ3n) is 4.18. The molecule has 21 heavy (non-hydrogen) atoms. The molecular formula is C18H24N2O. The van der Waals surface area contributed by atoms with Crippen LogP contribution in [-0.4, -0.2) is 13.1 Å². The Morgan fingerprint density at radius 1 is 1.29 bits per heavy atom. The summed E-state index contributed by atoms with van der Waals surface area (Å²) in [7, 11) is 0. The Kier molecular flexibility index (Phi) is 4.30. The van der Waals surface area contributed by atoms with Crippen LogP contribution in [0.4, 0.5) is 5.69 Å². The van der Waals surface area contributed by atoms with E-state index in [4.69, 9.17) is 4.42 Å². The first kappa shape index (κ1) is 14.2. The fourth-order valence-electron chi connectivity index (χ4n) is 3.08. The van der Waals surface area contributed by atoms with E-state index in [1.54, 1.807) is 0 Å². The first-order chi connectivity index (χ1) is 10.3. The van der Waals surface area contributed by atoms with Crippen molar-refractivity contribution >= 4 is 5.69 Å². The molecule has 112 valence electrons. The van der Waals surface area contributed by atoms with Crippen LogP contribution in [-0.2, 0) is 19.5 Å². The molecule has 2 heterocycles. The molecule has 0 amide bonds. The Balaban J connectivity index is 1.79. The number of hydrogen-bond acceptors (Lipinski definition) is 3. The van der Waals surface area contributed by atoms with Gasteiger partial charge in [0.05, 0.1) is 12.8 Å². The number of nitrogens with zero attached hydrogens (tertiary/aromatic N) is 1. The van der Waals surface area contributed by atoms with Gasteiger partial charge in [-0.2, -0.15) is 0 Å². The molecule has 0 aliphatic carbocycles. The van der Waals surface area contributed by atoms with E-state index in [0.29, 0.717) is 0 Å². The maximum absolute atomic E-state index is 5.63. The fourth-order valence-corrected chi connectivity index (χ4v) is 3.08. The van der Waals surface area contributed by atoms with Gasteiger partial charge in [0.1, 0.15) is 5.76 Å². The van der Waals surface area contributed by atoms with Crippen LogP contribution in [0.15, 0.2) is 34.9 Å². The van der Waals surface area contributed by atoms with Crippen molar-refractivity contribution in [2.75, 3.05) is 18.0 Å². The predicted octanol–water partition coefficient (Wildman–Crippen LogP) is 3.65. The minimum atomic E-state index is 0.813. The van der Waals surface area contributed by atoms with Gasteiger partial charge in [-0.3, -0.25) is 0 Å². The molecule has 0 atom stereocenters. The molecule has 1 aliphatic rings. The molecular weight excluding hydrogens is 260 g/mol. The average Bonchev–Trinajstić information content (AvgIpc) is 2.92. The minimum Gasteiger partial charge on any atom is -0.468 e. The van der Waals surface area contributed by atoms with Crippen LogP contribution in [0.3, 0.4) is 0 Å². The number of benzene rings is 1. The van der Waals surface area contributed by atoms with Gasteiger partial charge in [0, 0.05) is 24.3 Å². The van der Waals surface area contributed by atoms with Crippen molar-refractivity contribution in [3.63, 3.8) is 0 Å². The van der Waals surface area contributed by atoms with Crippen molar-refractivity contribution in [1.29, 1.82) is 0 Å². The number of hydrogen-bond donors (Lipinski definition) is 1. The van der Waals surface area contributed by atoms with Gasteiger partial charge in [-0.15, -0.1) is 0 Å². The largest absolute Gasteiger partial charge is 0.468 e. The van der Waals surface area contributed by atoms with Gasteiger partial charge >= 0.3 is 0 Å². The van der Waals surface area contributed by atoms with E-state index in [0.717, 1.165) is 31.9 Å². The number of rotatable bonds is 5. The van der Waals surface area contributed by atoms with Crippen molar-refractivity contribution in [1.82, 2.24) is 5.32 Å². The predicted molar refractivity (Wildman–Crippen MR) is 86.6 cm³/mol. The molecule has 3 nitrogen and oxygen atoms in total. The molecule has 0 saturated carbocycles. The number of nitrogens with one attached hydrogen (secondary N) is 1. The van der Waals surface area contributed by atoms with Crippen molar-refractivity contribution in [3.8, 4) is 0 Å². The quantitative estimate of drug-likeness (QED) is 0.908. The third-order valence-corrected chi connectivity index (χ3v) is 4.18. The Morgan fingerprint density at radius 2 is 2.19 bits per heavy atom. The summed E-state index contributed by atoms with van der Waals surface area (Å²) in [4.78, 5) is 2.48. The summed E-state index contributed by atoms with van der Waals surface area (Å²) in [6.45, 7) is 8.13. The second-order valence-corrected chi connectivity index (χ2v) is 5.81. The molecule has 0 unspecified atom stereocenters. The molecule has 0 spiro atoms. The summed E-state index contributed by atoms with van der Waals surface area (Å²) >= 11 is 0. The Bertz CT molecular complexity index is 603. The minimum absolute atomic E-state index is 0.813. The topological polar surface area (TPSA) is 28.4 Å². The average molecular weight is 284 g/mol. The molecule has 2 aromatic rings. The van der Waals surface area contributed by atoms with Gasteiger partial charge in [0.15, 0.2) is 0 Å². The lowest BCUT2D eigenvalue weighted by Gasteiger charge is -2.31. The zero-order chi connectivity index (χ0) is 14.7. The van der Waals surface area contributed by atoms with Crippen LogP contribution in [0.5, 0.6) is 0 Å². The molecule has 3 rings (SSSR count). The maximum Gasteiger partial charge on any atom is 0.122 e. The molecule has 1 aliphatic heterocycles. The summed E-state index contributed by atoms with van der Waals surface area (Å²) < 4.78 is 5.63. The number of fused-ring (bicyclic) bond motifs is 1. The number of furan rings is 1.